The van der Waals surface area contributed by atoms with Crippen molar-refractivity contribution in [3.63, 3.8) is 0 Å². The average molecular weight is 215 g/mol. The zero-order chi connectivity index (χ0) is 10.9. The van der Waals surface area contributed by atoms with E-state index in [9.17, 15) is 9.59 Å². The van der Waals surface area contributed by atoms with Crippen LogP contribution >= 0.6 is 11.3 Å². The second-order valence-corrected chi connectivity index (χ2v) is 4.03. The van der Waals surface area contributed by atoms with E-state index in [1.807, 2.05) is 0 Å². The highest BCUT2D eigenvalue weighted by molar-refractivity contribution is 7.12. The highest BCUT2D eigenvalue weighted by atomic mass is 32.1. The molecule has 6 heteroatoms. The second kappa shape index (κ2) is 3.77. The number of aromatic carboxylic acids is 1. The molecule has 0 saturated heterocycles. The number of rotatable bonds is 3. The van der Waals surface area contributed by atoms with Gasteiger partial charge in [0.25, 0.3) is 0 Å². The molecule has 1 heterocycles. The van der Waals surface area contributed by atoms with Crippen LogP contribution in [0.25, 0.3) is 0 Å². The summed E-state index contributed by atoms with van der Waals surface area (Å²) in [6.45, 7) is 1.62. The molecular weight excluding hydrogens is 206 g/mol. The van der Waals surface area contributed by atoms with Crippen LogP contribution in [0.3, 0.4) is 0 Å². The van der Waals surface area contributed by atoms with Crippen molar-refractivity contribution in [3.05, 3.63) is 21.4 Å². The number of hydrogen-bond acceptors (Lipinski definition) is 4. The van der Waals surface area contributed by atoms with Gasteiger partial charge < -0.3 is 15.9 Å². The van der Waals surface area contributed by atoms with E-state index in [1.165, 1.54) is 6.07 Å². The molecule has 1 aromatic rings. The monoisotopic (exact) mass is 215 g/mol. The Kier molecular flexibility index (Phi) is 2.87. The maximum absolute atomic E-state index is 10.6. The quantitative estimate of drug-likeness (QED) is 0.693. The van der Waals surface area contributed by atoms with Gasteiger partial charge in [0.1, 0.15) is 6.04 Å². The predicted molar refractivity (Wildman–Crippen MR) is 50.6 cm³/mol. The highest BCUT2D eigenvalue weighted by Gasteiger charge is 2.20. The Morgan fingerprint density at radius 1 is 1.50 bits per heavy atom. The minimum Gasteiger partial charge on any atom is -0.480 e. The van der Waals surface area contributed by atoms with Crippen molar-refractivity contribution in [2.45, 2.75) is 13.0 Å². The summed E-state index contributed by atoms with van der Waals surface area (Å²) < 4.78 is 0. The normalized spacial score (nSPS) is 12.4. The Balaban J connectivity index is 3.08. The predicted octanol–water partition coefficient (Wildman–Crippen LogP) is 0.839. The molecule has 0 unspecified atom stereocenters. The van der Waals surface area contributed by atoms with E-state index in [0.717, 1.165) is 11.3 Å². The first kappa shape index (κ1) is 10.7. The van der Waals surface area contributed by atoms with Crippen LogP contribution in [0, 0.1) is 6.92 Å². The third kappa shape index (κ3) is 1.91. The van der Waals surface area contributed by atoms with Crippen molar-refractivity contribution >= 4 is 23.3 Å². The van der Waals surface area contributed by atoms with Gasteiger partial charge in [-0.1, -0.05) is 0 Å². The van der Waals surface area contributed by atoms with Gasteiger partial charge in [-0.15, -0.1) is 11.3 Å². The van der Waals surface area contributed by atoms with E-state index >= 15 is 0 Å². The Bertz CT molecular complexity index is 385. The summed E-state index contributed by atoms with van der Waals surface area (Å²) in [6, 6.07) is 0.160. The van der Waals surface area contributed by atoms with Crippen LogP contribution in [-0.2, 0) is 4.79 Å². The van der Waals surface area contributed by atoms with Gasteiger partial charge in [0.15, 0.2) is 0 Å². The Morgan fingerprint density at radius 3 is 2.43 bits per heavy atom. The summed E-state index contributed by atoms with van der Waals surface area (Å²) >= 11 is 1.09. The van der Waals surface area contributed by atoms with E-state index in [0.29, 0.717) is 9.75 Å². The molecule has 0 amide bonds. The molecule has 0 aliphatic rings. The summed E-state index contributed by atoms with van der Waals surface area (Å²) in [6.07, 6.45) is 0. The summed E-state index contributed by atoms with van der Waals surface area (Å²) in [5, 5.41) is 17.3. The molecule has 0 aromatic carbocycles. The van der Waals surface area contributed by atoms with Crippen molar-refractivity contribution in [2.75, 3.05) is 0 Å². The molecule has 0 fully saturated rings. The fourth-order valence-corrected chi connectivity index (χ4v) is 2.01. The molecule has 4 N–H and O–H groups in total. The fourth-order valence-electron chi connectivity index (χ4n) is 0.992. The number of carboxylic acid groups (broad SMARTS) is 2. The number of carboxylic acids is 2. The summed E-state index contributed by atoms with van der Waals surface area (Å²) in [4.78, 5) is 22.1. The third-order valence-corrected chi connectivity index (χ3v) is 2.87. The molecule has 0 aliphatic carbocycles. The van der Waals surface area contributed by atoms with Crippen molar-refractivity contribution in [3.8, 4) is 0 Å². The van der Waals surface area contributed by atoms with E-state index < -0.39 is 18.0 Å². The first-order valence-corrected chi connectivity index (χ1v) is 4.57. The number of nitrogens with two attached hydrogens (primary N) is 1. The van der Waals surface area contributed by atoms with Gasteiger partial charge in [0.2, 0.25) is 0 Å². The van der Waals surface area contributed by atoms with Crippen LogP contribution in [0.2, 0.25) is 0 Å². The molecular formula is C8H9NO4S. The summed E-state index contributed by atoms with van der Waals surface area (Å²) in [5.41, 5.74) is 5.45. The molecule has 0 bridgehead atoms. The van der Waals surface area contributed by atoms with E-state index in [-0.39, 0.29) is 5.56 Å². The SMILES string of the molecule is Cc1sc([C@H](N)C(=O)O)cc1C(=O)O. The van der Waals surface area contributed by atoms with E-state index in [4.69, 9.17) is 15.9 Å². The van der Waals surface area contributed by atoms with Gasteiger partial charge in [-0.2, -0.15) is 0 Å². The molecule has 0 radical (unpaired) electrons. The van der Waals surface area contributed by atoms with Gasteiger partial charge in [-0.3, -0.25) is 4.79 Å². The largest absolute Gasteiger partial charge is 0.480 e. The maximum Gasteiger partial charge on any atom is 0.336 e. The molecule has 76 valence electrons. The van der Waals surface area contributed by atoms with Crippen LogP contribution in [0.1, 0.15) is 26.2 Å². The minimum atomic E-state index is -1.16. The van der Waals surface area contributed by atoms with E-state index in [1.54, 1.807) is 6.92 Å². The molecule has 14 heavy (non-hydrogen) atoms. The maximum atomic E-state index is 10.6. The van der Waals surface area contributed by atoms with Crippen LogP contribution in [0.5, 0.6) is 0 Å². The fraction of sp³-hybridized carbons (Fsp3) is 0.250. The first-order chi connectivity index (χ1) is 6.43. The molecule has 0 saturated carbocycles. The van der Waals surface area contributed by atoms with Crippen LogP contribution in [0.4, 0.5) is 0 Å². The van der Waals surface area contributed by atoms with Crippen LogP contribution in [0.15, 0.2) is 6.07 Å². The third-order valence-electron chi connectivity index (χ3n) is 1.74. The zero-order valence-electron chi connectivity index (χ0n) is 7.35. The number of hydrogen-bond donors (Lipinski definition) is 3. The number of thiophene rings is 1. The van der Waals surface area contributed by atoms with Gasteiger partial charge in [-0.05, 0) is 13.0 Å². The number of aliphatic carboxylic acids is 1. The first-order valence-electron chi connectivity index (χ1n) is 3.75. The van der Waals surface area contributed by atoms with Gasteiger partial charge in [0, 0.05) is 9.75 Å². The molecule has 5 nitrogen and oxygen atoms in total. The van der Waals surface area contributed by atoms with Crippen molar-refractivity contribution in [1.82, 2.24) is 0 Å². The van der Waals surface area contributed by atoms with Crippen LogP contribution < -0.4 is 5.73 Å². The molecule has 1 rings (SSSR count). The average Bonchev–Trinajstić information content (AvgIpc) is 2.45. The second-order valence-electron chi connectivity index (χ2n) is 2.74. The molecule has 1 atom stereocenters. The lowest BCUT2D eigenvalue weighted by Gasteiger charge is -2.00. The highest BCUT2D eigenvalue weighted by Crippen LogP contribution is 2.25. The van der Waals surface area contributed by atoms with Crippen molar-refractivity contribution in [1.29, 1.82) is 0 Å². The van der Waals surface area contributed by atoms with E-state index in [2.05, 4.69) is 0 Å². The summed E-state index contributed by atoms with van der Waals surface area (Å²) in [7, 11) is 0. The molecule has 0 spiro atoms. The van der Waals surface area contributed by atoms with Gasteiger partial charge in [0.05, 0.1) is 5.56 Å². The van der Waals surface area contributed by atoms with Crippen molar-refractivity contribution < 1.29 is 19.8 Å². The minimum absolute atomic E-state index is 0.113. The lowest BCUT2D eigenvalue weighted by Crippen LogP contribution is -2.19. The van der Waals surface area contributed by atoms with Gasteiger partial charge >= 0.3 is 11.9 Å². The smallest absolute Gasteiger partial charge is 0.336 e. The van der Waals surface area contributed by atoms with Crippen LogP contribution in [-0.4, -0.2) is 22.2 Å². The lowest BCUT2D eigenvalue weighted by atomic mass is 10.2. The Morgan fingerprint density at radius 2 is 2.07 bits per heavy atom. The topological polar surface area (TPSA) is 101 Å². The Labute approximate surface area is 83.8 Å². The number of carbonyl (C=O) groups is 2. The van der Waals surface area contributed by atoms with Gasteiger partial charge in [-0.25, -0.2) is 4.79 Å². The summed E-state index contributed by atoms with van der Waals surface area (Å²) in [5.74, 6) is -2.23. The molecule has 0 aliphatic heterocycles. The zero-order valence-corrected chi connectivity index (χ0v) is 8.17. The lowest BCUT2D eigenvalue weighted by molar-refractivity contribution is -0.138. The molecule has 1 aromatic heterocycles. The van der Waals surface area contributed by atoms with Crippen molar-refractivity contribution in [2.24, 2.45) is 5.73 Å². The number of aryl methyl sites for hydroxylation is 1. The standard InChI is InChI=1S/C8H9NO4S/c1-3-4(7(10)11)2-5(14-3)6(9)8(12)13/h2,6H,9H2,1H3,(H,10,11)(H,12,13)/t6-/m0/s1. The Hall–Kier alpha value is -1.40.